The molecule has 0 aromatic heterocycles. The molecule has 0 aromatic rings. The van der Waals surface area contributed by atoms with Crippen molar-refractivity contribution in [2.24, 2.45) is 11.7 Å². The maximum atomic E-state index is 6.22. The van der Waals surface area contributed by atoms with Gasteiger partial charge in [0.05, 0.1) is 0 Å². The standard InChI is InChI=1S/C26H51N/c1-4-5-6-7-8-9-10-11-12-13-14-15-16-17-18-19-20-23-26(27)24-21-22-25(2)3/h8-9,11-12,25-26H,4-7,10,13-24,27H2,1-3H3. The molecule has 1 atom stereocenters. The van der Waals surface area contributed by atoms with Crippen molar-refractivity contribution in [2.45, 2.75) is 136 Å². The SMILES string of the molecule is CCCCCC=CCC=CCCCCCCCCCC(N)CCCC(C)C. The topological polar surface area (TPSA) is 26.0 Å². The van der Waals surface area contributed by atoms with Gasteiger partial charge in [-0.1, -0.05) is 109 Å². The minimum Gasteiger partial charge on any atom is -0.328 e. The minimum absolute atomic E-state index is 0.446. The van der Waals surface area contributed by atoms with E-state index in [1.165, 1.54) is 103 Å². The van der Waals surface area contributed by atoms with Crippen molar-refractivity contribution in [3.8, 4) is 0 Å². The van der Waals surface area contributed by atoms with Gasteiger partial charge in [-0.2, -0.15) is 0 Å². The first-order valence-corrected chi connectivity index (χ1v) is 12.2. The summed E-state index contributed by atoms with van der Waals surface area (Å²) in [5.41, 5.74) is 6.22. The van der Waals surface area contributed by atoms with Gasteiger partial charge in [-0.05, 0) is 50.9 Å². The van der Waals surface area contributed by atoms with Crippen molar-refractivity contribution in [2.75, 3.05) is 0 Å². The Balaban J connectivity index is 3.23. The van der Waals surface area contributed by atoms with Crippen LogP contribution in [0.25, 0.3) is 0 Å². The van der Waals surface area contributed by atoms with Crippen LogP contribution in [0.2, 0.25) is 0 Å². The Morgan fingerprint density at radius 2 is 1.11 bits per heavy atom. The normalized spacial score (nSPS) is 13.4. The van der Waals surface area contributed by atoms with Gasteiger partial charge in [-0.3, -0.25) is 0 Å². The highest BCUT2D eigenvalue weighted by Crippen LogP contribution is 2.14. The molecule has 0 spiro atoms. The molecule has 0 amide bonds. The van der Waals surface area contributed by atoms with Crippen molar-refractivity contribution in [3.05, 3.63) is 24.3 Å². The van der Waals surface area contributed by atoms with Crippen LogP contribution in [0, 0.1) is 5.92 Å². The molecule has 27 heavy (non-hydrogen) atoms. The van der Waals surface area contributed by atoms with Crippen LogP contribution < -0.4 is 5.73 Å². The van der Waals surface area contributed by atoms with E-state index < -0.39 is 0 Å². The van der Waals surface area contributed by atoms with E-state index in [-0.39, 0.29) is 0 Å². The highest BCUT2D eigenvalue weighted by Gasteiger charge is 2.03. The Morgan fingerprint density at radius 1 is 0.593 bits per heavy atom. The van der Waals surface area contributed by atoms with Gasteiger partial charge in [-0.25, -0.2) is 0 Å². The van der Waals surface area contributed by atoms with Gasteiger partial charge in [0.1, 0.15) is 0 Å². The van der Waals surface area contributed by atoms with E-state index in [1.807, 2.05) is 0 Å². The summed E-state index contributed by atoms with van der Waals surface area (Å²) in [6.45, 7) is 6.87. The van der Waals surface area contributed by atoms with Crippen LogP contribution in [0.5, 0.6) is 0 Å². The van der Waals surface area contributed by atoms with E-state index >= 15 is 0 Å². The van der Waals surface area contributed by atoms with Crippen molar-refractivity contribution >= 4 is 0 Å². The molecule has 0 bridgehead atoms. The summed E-state index contributed by atoms with van der Waals surface area (Å²) < 4.78 is 0. The molecule has 0 aliphatic heterocycles. The number of nitrogens with two attached hydrogens (primary N) is 1. The molecule has 0 heterocycles. The molecular formula is C26H51N. The molecule has 0 radical (unpaired) electrons. The third-order valence-corrected chi connectivity index (χ3v) is 5.38. The van der Waals surface area contributed by atoms with Gasteiger partial charge in [-0.15, -0.1) is 0 Å². The maximum absolute atomic E-state index is 6.22. The van der Waals surface area contributed by atoms with E-state index in [4.69, 9.17) is 5.73 Å². The molecule has 0 fully saturated rings. The Bertz CT molecular complexity index is 329. The average Bonchev–Trinajstić information content (AvgIpc) is 2.64. The lowest BCUT2D eigenvalue weighted by atomic mass is 9.99. The van der Waals surface area contributed by atoms with E-state index in [0.717, 1.165) is 12.3 Å². The molecule has 1 unspecified atom stereocenters. The number of hydrogen-bond donors (Lipinski definition) is 1. The summed E-state index contributed by atoms with van der Waals surface area (Å²) in [5, 5.41) is 0. The van der Waals surface area contributed by atoms with Crippen LogP contribution >= 0.6 is 0 Å². The van der Waals surface area contributed by atoms with Crippen LogP contribution in [0.4, 0.5) is 0 Å². The lowest BCUT2D eigenvalue weighted by Gasteiger charge is -2.12. The van der Waals surface area contributed by atoms with Gasteiger partial charge in [0.25, 0.3) is 0 Å². The first-order valence-electron chi connectivity index (χ1n) is 12.2. The van der Waals surface area contributed by atoms with Crippen LogP contribution in [-0.2, 0) is 0 Å². The van der Waals surface area contributed by atoms with Crippen molar-refractivity contribution < 1.29 is 0 Å². The second-order valence-electron chi connectivity index (χ2n) is 8.81. The summed E-state index contributed by atoms with van der Waals surface area (Å²) in [4.78, 5) is 0. The smallest absolute Gasteiger partial charge is 0.00388 e. The summed E-state index contributed by atoms with van der Waals surface area (Å²) in [6.07, 6.45) is 31.8. The summed E-state index contributed by atoms with van der Waals surface area (Å²) in [7, 11) is 0. The largest absolute Gasteiger partial charge is 0.328 e. The number of allylic oxidation sites excluding steroid dienone is 4. The van der Waals surface area contributed by atoms with Gasteiger partial charge < -0.3 is 5.73 Å². The quantitative estimate of drug-likeness (QED) is 0.166. The number of unbranched alkanes of at least 4 members (excludes halogenated alkanes) is 10. The highest BCUT2D eigenvalue weighted by atomic mass is 14.6. The Kier molecular flexibility index (Phi) is 21.3. The number of hydrogen-bond acceptors (Lipinski definition) is 1. The van der Waals surface area contributed by atoms with Gasteiger partial charge in [0, 0.05) is 6.04 Å². The van der Waals surface area contributed by atoms with E-state index in [9.17, 15) is 0 Å². The van der Waals surface area contributed by atoms with Crippen LogP contribution in [-0.4, -0.2) is 6.04 Å². The van der Waals surface area contributed by atoms with Crippen LogP contribution in [0.3, 0.4) is 0 Å². The van der Waals surface area contributed by atoms with Crippen molar-refractivity contribution in [1.82, 2.24) is 0 Å². The van der Waals surface area contributed by atoms with Gasteiger partial charge >= 0.3 is 0 Å². The molecular weight excluding hydrogens is 326 g/mol. The molecule has 0 rings (SSSR count). The molecule has 1 nitrogen and oxygen atoms in total. The average molecular weight is 378 g/mol. The lowest BCUT2D eigenvalue weighted by molar-refractivity contribution is 0.463. The Hall–Kier alpha value is -0.560. The fraction of sp³-hybridized carbons (Fsp3) is 0.846. The van der Waals surface area contributed by atoms with Gasteiger partial charge in [0.15, 0.2) is 0 Å². The van der Waals surface area contributed by atoms with E-state index in [0.29, 0.717) is 6.04 Å². The first kappa shape index (κ1) is 26.4. The molecule has 1 heteroatoms. The monoisotopic (exact) mass is 377 g/mol. The van der Waals surface area contributed by atoms with E-state index in [2.05, 4.69) is 45.1 Å². The summed E-state index contributed by atoms with van der Waals surface area (Å²) in [6, 6.07) is 0.446. The number of rotatable bonds is 20. The Labute approximate surface area is 172 Å². The zero-order chi connectivity index (χ0) is 20.0. The molecule has 0 aliphatic rings. The van der Waals surface area contributed by atoms with Crippen molar-refractivity contribution in [3.63, 3.8) is 0 Å². The van der Waals surface area contributed by atoms with Crippen molar-refractivity contribution in [1.29, 1.82) is 0 Å². The molecule has 0 saturated heterocycles. The second kappa shape index (κ2) is 21.7. The fourth-order valence-electron chi connectivity index (χ4n) is 3.50. The fourth-order valence-corrected chi connectivity index (χ4v) is 3.50. The molecule has 2 N–H and O–H groups in total. The summed E-state index contributed by atoms with van der Waals surface area (Å²) in [5.74, 6) is 0.824. The summed E-state index contributed by atoms with van der Waals surface area (Å²) >= 11 is 0. The molecule has 0 saturated carbocycles. The molecule has 160 valence electrons. The predicted octanol–water partition coefficient (Wildman–Crippen LogP) is 8.73. The van der Waals surface area contributed by atoms with Crippen LogP contribution in [0.15, 0.2) is 24.3 Å². The molecule has 0 aromatic carbocycles. The van der Waals surface area contributed by atoms with Crippen LogP contribution in [0.1, 0.15) is 130 Å². The highest BCUT2D eigenvalue weighted by molar-refractivity contribution is 4.92. The lowest BCUT2D eigenvalue weighted by Crippen LogP contribution is -2.19. The second-order valence-corrected chi connectivity index (χ2v) is 8.81. The predicted molar refractivity (Wildman–Crippen MR) is 125 cm³/mol. The first-order chi connectivity index (χ1) is 13.2. The molecule has 0 aliphatic carbocycles. The third kappa shape index (κ3) is 23.4. The minimum atomic E-state index is 0.446. The maximum Gasteiger partial charge on any atom is 0.00388 e. The Morgan fingerprint density at radius 3 is 1.70 bits per heavy atom. The van der Waals surface area contributed by atoms with Gasteiger partial charge in [0.2, 0.25) is 0 Å². The zero-order valence-corrected chi connectivity index (χ0v) is 19.1. The van der Waals surface area contributed by atoms with E-state index in [1.54, 1.807) is 0 Å². The third-order valence-electron chi connectivity index (χ3n) is 5.38. The zero-order valence-electron chi connectivity index (χ0n) is 19.1.